The molecule has 1 heterocycles. The van der Waals surface area contributed by atoms with Crippen LogP contribution < -0.4 is 5.32 Å². The summed E-state index contributed by atoms with van der Waals surface area (Å²) in [7, 11) is 0. The summed E-state index contributed by atoms with van der Waals surface area (Å²) in [5, 5.41) is 3.17. The first kappa shape index (κ1) is 12.1. The molecule has 0 aliphatic carbocycles. The molecule has 0 radical (unpaired) electrons. The van der Waals surface area contributed by atoms with Crippen molar-refractivity contribution in [2.24, 2.45) is 0 Å². The van der Waals surface area contributed by atoms with E-state index in [0.29, 0.717) is 13.2 Å². The lowest BCUT2D eigenvalue weighted by atomic mass is 10.1. The van der Waals surface area contributed by atoms with E-state index in [2.05, 4.69) is 5.32 Å². The number of carbonyl (C=O) groups is 1. The second-order valence-electron chi connectivity index (χ2n) is 4.17. The first-order chi connectivity index (χ1) is 8.15. The van der Waals surface area contributed by atoms with Crippen molar-refractivity contribution < 1.29 is 14.3 Å². The molecule has 0 spiro atoms. The Bertz CT molecular complexity index is 393. The maximum absolute atomic E-state index is 11.7. The number of esters is 1. The number of ether oxygens (including phenoxy) is 2. The average Bonchev–Trinajstić information content (AvgIpc) is 2.75. The van der Waals surface area contributed by atoms with Crippen LogP contribution in [0.1, 0.15) is 25.5 Å². The monoisotopic (exact) mass is 235 g/mol. The zero-order valence-corrected chi connectivity index (χ0v) is 10.1. The first-order valence-electron chi connectivity index (χ1n) is 5.79. The zero-order chi connectivity index (χ0) is 12.3. The molecule has 1 N–H and O–H groups in total. The predicted octanol–water partition coefficient (Wildman–Crippen LogP) is 1.63. The van der Waals surface area contributed by atoms with Crippen molar-refractivity contribution in [2.75, 3.05) is 13.2 Å². The summed E-state index contributed by atoms with van der Waals surface area (Å²) in [5.74, 6) is -0.363. The maximum Gasteiger partial charge on any atom is 0.353 e. The average molecular weight is 235 g/mol. The molecule has 0 bridgehead atoms. The van der Waals surface area contributed by atoms with Gasteiger partial charge in [-0.1, -0.05) is 30.3 Å². The summed E-state index contributed by atoms with van der Waals surface area (Å²) in [5.41, 5.74) is 0.0804. The van der Waals surface area contributed by atoms with Crippen LogP contribution in [0.25, 0.3) is 0 Å². The molecule has 1 unspecified atom stereocenters. The standard InChI is InChI=1S/C13H17NO3/c1-3-16-12(15)13(2)14-11(9-17-13)10-7-5-4-6-8-10/h4-8,11,14H,3,9H2,1-2H3/t11-,13?/m0/s1. The van der Waals surface area contributed by atoms with Gasteiger partial charge >= 0.3 is 5.97 Å². The Morgan fingerprint density at radius 3 is 2.88 bits per heavy atom. The molecule has 1 fully saturated rings. The molecule has 4 heteroatoms. The zero-order valence-electron chi connectivity index (χ0n) is 10.1. The van der Waals surface area contributed by atoms with E-state index in [-0.39, 0.29) is 12.0 Å². The Kier molecular flexibility index (Phi) is 3.45. The molecule has 17 heavy (non-hydrogen) atoms. The molecule has 0 saturated carbocycles. The molecule has 1 aromatic rings. The fourth-order valence-corrected chi connectivity index (χ4v) is 1.92. The summed E-state index contributed by atoms with van der Waals surface area (Å²) >= 11 is 0. The minimum absolute atomic E-state index is 0.0330. The van der Waals surface area contributed by atoms with Crippen molar-refractivity contribution in [2.45, 2.75) is 25.6 Å². The van der Waals surface area contributed by atoms with Crippen LogP contribution in [0, 0.1) is 0 Å². The molecular weight excluding hydrogens is 218 g/mol. The van der Waals surface area contributed by atoms with E-state index in [1.54, 1.807) is 13.8 Å². The minimum atomic E-state index is -1.03. The highest BCUT2D eigenvalue weighted by atomic mass is 16.6. The van der Waals surface area contributed by atoms with Crippen LogP contribution in [0.2, 0.25) is 0 Å². The third kappa shape index (κ3) is 2.48. The molecule has 2 atom stereocenters. The number of hydrogen-bond donors (Lipinski definition) is 1. The Hall–Kier alpha value is -1.39. The number of rotatable bonds is 3. The van der Waals surface area contributed by atoms with E-state index < -0.39 is 5.72 Å². The Morgan fingerprint density at radius 2 is 2.24 bits per heavy atom. The molecule has 1 aliphatic rings. The van der Waals surface area contributed by atoms with Crippen LogP contribution >= 0.6 is 0 Å². The third-order valence-electron chi connectivity index (χ3n) is 2.86. The van der Waals surface area contributed by atoms with E-state index in [1.807, 2.05) is 30.3 Å². The summed E-state index contributed by atoms with van der Waals surface area (Å²) in [6.45, 7) is 4.31. The van der Waals surface area contributed by atoms with Crippen LogP contribution in [-0.2, 0) is 14.3 Å². The van der Waals surface area contributed by atoms with Gasteiger partial charge in [-0.3, -0.25) is 5.32 Å². The van der Waals surface area contributed by atoms with E-state index in [9.17, 15) is 4.79 Å². The molecular formula is C13H17NO3. The number of hydrogen-bond acceptors (Lipinski definition) is 4. The lowest BCUT2D eigenvalue weighted by molar-refractivity contribution is -0.166. The van der Waals surface area contributed by atoms with Crippen molar-refractivity contribution in [3.8, 4) is 0 Å². The lowest BCUT2D eigenvalue weighted by Gasteiger charge is -2.21. The van der Waals surface area contributed by atoms with E-state index >= 15 is 0 Å². The topological polar surface area (TPSA) is 47.6 Å². The smallest absolute Gasteiger partial charge is 0.353 e. The van der Waals surface area contributed by atoms with Crippen LogP contribution in [0.5, 0.6) is 0 Å². The van der Waals surface area contributed by atoms with Crippen LogP contribution in [-0.4, -0.2) is 24.9 Å². The van der Waals surface area contributed by atoms with Gasteiger partial charge in [0.1, 0.15) is 0 Å². The van der Waals surface area contributed by atoms with Gasteiger partial charge in [0, 0.05) is 0 Å². The maximum atomic E-state index is 11.7. The lowest BCUT2D eigenvalue weighted by Crippen LogP contribution is -2.47. The second kappa shape index (κ2) is 4.85. The van der Waals surface area contributed by atoms with E-state index in [1.165, 1.54) is 0 Å². The minimum Gasteiger partial charge on any atom is -0.463 e. The van der Waals surface area contributed by atoms with Gasteiger partial charge in [-0.2, -0.15) is 0 Å². The molecule has 0 aromatic heterocycles. The van der Waals surface area contributed by atoms with Crippen molar-refractivity contribution in [3.63, 3.8) is 0 Å². The van der Waals surface area contributed by atoms with Gasteiger partial charge in [-0.15, -0.1) is 0 Å². The van der Waals surface area contributed by atoms with Gasteiger partial charge in [0.2, 0.25) is 5.72 Å². The normalized spacial score (nSPS) is 28.0. The molecule has 0 amide bonds. The Morgan fingerprint density at radius 1 is 1.53 bits per heavy atom. The summed E-state index contributed by atoms with van der Waals surface area (Å²) in [4.78, 5) is 11.7. The Balaban J connectivity index is 2.07. The van der Waals surface area contributed by atoms with Crippen molar-refractivity contribution in [3.05, 3.63) is 35.9 Å². The van der Waals surface area contributed by atoms with Gasteiger partial charge in [0.25, 0.3) is 0 Å². The van der Waals surface area contributed by atoms with Crippen molar-refractivity contribution in [1.29, 1.82) is 0 Å². The Labute approximate surface area is 101 Å². The SMILES string of the molecule is CCOC(=O)C1(C)N[C@H](c2ccccc2)CO1. The number of nitrogens with one attached hydrogen (secondary N) is 1. The van der Waals surface area contributed by atoms with Gasteiger partial charge < -0.3 is 9.47 Å². The summed E-state index contributed by atoms with van der Waals surface area (Å²) in [6, 6.07) is 9.96. The largest absolute Gasteiger partial charge is 0.463 e. The van der Waals surface area contributed by atoms with Gasteiger partial charge in [-0.05, 0) is 19.4 Å². The van der Waals surface area contributed by atoms with E-state index in [0.717, 1.165) is 5.56 Å². The second-order valence-corrected chi connectivity index (χ2v) is 4.17. The van der Waals surface area contributed by atoms with Crippen LogP contribution in [0.4, 0.5) is 0 Å². The van der Waals surface area contributed by atoms with Crippen molar-refractivity contribution in [1.82, 2.24) is 5.32 Å². The van der Waals surface area contributed by atoms with Crippen molar-refractivity contribution >= 4 is 5.97 Å². The highest BCUT2D eigenvalue weighted by molar-refractivity contribution is 5.79. The number of carbonyl (C=O) groups excluding carboxylic acids is 1. The van der Waals surface area contributed by atoms with Gasteiger partial charge in [0.15, 0.2) is 0 Å². The fraction of sp³-hybridized carbons (Fsp3) is 0.462. The fourth-order valence-electron chi connectivity index (χ4n) is 1.92. The molecule has 1 aromatic carbocycles. The predicted molar refractivity (Wildman–Crippen MR) is 63.3 cm³/mol. The highest BCUT2D eigenvalue weighted by Gasteiger charge is 2.43. The van der Waals surface area contributed by atoms with E-state index in [4.69, 9.17) is 9.47 Å². The quantitative estimate of drug-likeness (QED) is 0.809. The van der Waals surface area contributed by atoms with Crippen LogP contribution in [0.15, 0.2) is 30.3 Å². The molecule has 1 aliphatic heterocycles. The molecule has 2 rings (SSSR count). The first-order valence-corrected chi connectivity index (χ1v) is 5.79. The van der Waals surface area contributed by atoms with Gasteiger partial charge in [-0.25, -0.2) is 4.79 Å². The molecule has 4 nitrogen and oxygen atoms in total. The molecule has 92 valence electrons. The summed E-state index contributed by atoms with van der Waals surface area (Å²) < 4.78 is 10.5. The number of benzene rings is 1. The molecule has 1 saturated heterocycles. The van der Waals surface area contributed by atoms with Crippen LogP contribution in [0.3, 0.4) is 0 Å². The summed E-state index contributed by atoms with van der Waals surface area (Å²) in [6.07, 6.45) is 0. The third-order valence-corrected chi connectivity index (χ3v) is 2.86. The highest BCUT2D eigenvalue weighted by Crippen LogP contribution is 2.26. The van der Waals surface area contributed by atoms with Gasteiger partial charge in [0.05, 0.1) is 19.3 Å².